The van der Waals surface area contributed by atoms with Gasteiger partial charge in [-0.15, -0.1) is 0 Å². The van der Waals surface area contributed by atoms with Gasteiger partial charge in [0.25, 0.3) is 0 Å². The van der Waals surface area contributed by atoms with E-state index >= 15 is 0 Å². The Hall–Kier alpha value is -2.63. The topological polar surface area (TPSA) is 121 Å². The average molecular weight is 743 g/mol. The van der Waals surface area contributed by atoms with Gasteiger partial charge in [-0.3, -0.25) is 0 Å². The summed E-state index contributed by atoms with van der Waals surface area (Å²) >= 11 is 0. The molecule has 296 valence electrons. The van der Waals surface area contributed by atoms with Crippen LogP contribution in [0.25, 0.3) is 0 Å². The molecule has 3 aromatic rings. The number of rotatable bonds is 24. The van der Waals surface area contributed by atoms with Gasteiger partial charge in [0, 0.05) is 0 Å². The van der Waals surface area contributed by atoms with Gasteiger partial charge in [-0.2, -0.15) is 0 Å². The Morgan fingerprint density at radius 3 is 0.673 bits per heavy atom. The van der Waals surface area contributed by atoms with Gasteiger partial charge in [0.2, 0.25) is 0 Å². The Bertz CT molecular complexity index is 992. The molecule has 7 heteroatoms. The van der Waals surface area contributed by atoms with Crippen LogP contribution < -0.4 is 0 Å². The first-order chi connectivity index (χ1) is 25.2. The lowest BCUT2D eigenvalue weighted by atomic mass is 10.0. The first-order valence-electron chi connectivity index (χ1n) is 20.4. The fourth-order valence-corrected chi connectivity index (χ4v) is 5.85. The monoisotopic (exact) mass is 743 g/mol. The summed E-state index contributed by atoms with van der Waals surface area (Å²) in [6.07, 6.45) is 31.9. The predicted molar refractivity (Wildman–Crippen MR) is 223 cm³/mol. The SMILES string of the molecule is CCCCCCCCCc1ccc(O)cc1.CCCCCCCCCc1ccc(O)cc1.CCCCCCCCCc1ccc(O)cc1.OP(O)O. The van der Waals surface area contributed by atoms with E-state index in [4.69, 9.17) is 30.0 Å². The molecule has 0 bridgehead atoms. The van der Waals surface area contributed by atoms with Gasteiger partial charge in [-0.1, -0.05) is 173 Å². The van der Waals surface area contributed by atoms with Crippen LogP contribution in [0.15, 0.2) is 72.8 Å². The van der Waals surface area contributed by atoms with Crippen LogP contribution in [-0.2, 0) is 19.3 Å². The quantitative estimate of drug-likeness (QED) is 0.0401. The maximum Gasteiger partial charge on any atom is 0.324 e. The van der Waals surface area contributed by atoms with E-state index in [1.165, 1.54) is 152 Å². The number of hydrogen-bond donors (Lipinski definition) is 6. The normalized spacial score (nSPS) is 10.4. The third kappa shape index (κ3) is 34.5. The van der Waals surface area contributed by atoms with Gasteiger partial charge in [0.1, 0.15) is 17.2 Å². The highest BCUT2D eigenvalue weighted by atomic mass is 31.2. The Morgan fingerprint density at radius 1 is 0.308 bits per heavy atom. The average Bonchev–Trinajstić information content (AvgIpc) is 3.13. The number of unbranched alkanes of at least 4 members (excludes halogenated alkanes) is 18. The smallest absolute Gasteiger partial charge is 0.324 e. The number of aromatic hydroxyl groups is 3. The summed E-state index contributed by atoms with van der Waals surface area (Å²) in [5.41, 5.74) is 4.02. The molecule has 0 amide bonds. The van der Waals surface area contributed by atoms with Gasteiger partial charge in [-0.25, -0.2) is 0 Å². The van der Waals surface area contributed by atoms with E-state index < -0.39 is 8.60 Å². The van der Waals surface area contributed by atoms with Gasteiger partial charge < -0.3 is 30.0 Å². The second-order valence-corrected chi connectivity index (χ2v) is 14.4. The van der Waals surface area contributed by atoms with Crippen molar-refractivity contribution < 1.29 is 30.0 Å². The molecule has 6 N–H and O–H groups in total. The maximum atomic E-state index is 9.15. The molecule has 0 spiro atoms. The highest BCUT2D eigenvalue weighted by Crippen LogP contribution is 2.16. The number of benzene rings is 3. The van der Waals surface area contributed by atoms with Crippen molar-refractivity contribution in [3.8, 4) is 17.2 Å². The molecule has 0 saturated heterocycles. The van der Waals surface area contributed by atoms with Crippen LogP contribution in [-0.4, -0.2) is 30.0 Å². The molecule has 52 heavy (non-hydrogen) atoms. The van der Waals surface area contributed by atoms with Crippen LogP contribution in [0.3, 0.4) is 0 Å². The zero-order chi connectivity index (χ0) is 38.5. The van der Waals surface area contributed by atoms with Crippen molar-refractivity contribution in [1.82, 2.24) is 0 Å². The fourth-order valence-electron chi connectivity index (χ4n) is 5.85. The van der Waals surface area contributed by atoms with E-state index in [0.717, 1.165) is 19.3 Å². The second kappa shape index (κ2) is 36.7. The summed E-state index contributed by atoms with van der Waals surface area (Å²) < 4.78 is 0. The zero-order valence-electron chi connectivity index (χ0n) is 33.0. The standard InChI is InChI=1S/3C15H24O.H3O3P/c3*1-2-3-4-5-6-7-8-9-14-10-12-15(16)13-11-14;1-4(2)3/h3*10-13,16H,2-9H2,1H3;1-3H. The molecule has 6 nitrogen and oxygen atoms in total. The number of hydrogen-bond acceptors (Lipinski definition) is 6. The highest BCUT2D eigenvalue weighted by Gasteiger charge is 1.97. The molecule has 3 rings (SSSR count). The largest absolute Gasteiger partial charge is 0.508 e. The molecular formula is C45H75O6P. The molecule has 0 radical (unpaired) electrons. The fraction of sp³-hybridized carbons (Fsp3) is 0.600. The predicted octanol–water partition coefficient (Wildman–Crippen LogP) is 13.2. The first-order valence-corrected chi connectivity index (χ1v) is 21.6. The van der Waals surface area contributed by atoms with Crippen molar-refractivity contribution in [2.24, 2.45) is 0 Å². The molecule has 0 saturated carbocycles. The van der Waals surface area contributed by atoms with E-state index in [9.17, 15) is 0 Å². The summed E-state index contributed by atoms with van der Waals surface area (Å²) in [4.78, 5) is 21.7. The number of phenolic OH excluding ortho intramolecular Hbond substituents is 3. The minimum absolute atomic E-state index is 0.364. The molecule has 0 unspecified atom stereocenters. The third-order valence-electron chi connectivity index (χ3n) is 9.02. The highest BCUT2D eigenvalue weighted by molar-refractivity contribution is 7.38. The summed E-state index contributed by atoms with van der Waals surface area (Å²) in [5, 5.41) is 27.4. The molecule has 0 aromatic heterocycles. The van der Waals surface area contributed by atoms with E-state index in [-0.39, 0.29) is 0 Å². The molecule has 0 heterocycles. The van der Waals surface area contributed by atoms with E-state index in [2.05, 4.69) is 20.8 Å². The summed E-state index contributed by atoms with van der Waals surface area (Å²) in [6.45, 7) is 6.76. The molecule has 0 atom stereocenters. The second-order valence-electron chi connectivity index (χ2n) is 13.9. The Kier molecular flexibility index (Phi) is 34.9. The molecule has 3 aromatic carbocycles. The van der Waals surface area contributed by atoms with Gasteiger partial charge in [0.05, 0.1) is 0 Å². The molecular weight excluding hydrogens is 667 g/mol. The minimum atomic E-state index is -2.62. The van der Waals surface area contributed by atoms with Crippen molar-refractivity contribution in [3.63, 3.8) is 0 Å². The maximum absolute atomic E-state index is 9.15. The number of aryl methyl sites for hydroxylation is 3. The minimum Gasteiger partial charge on any atom is -0.508 e. The Labute approximate surface area is 319 Å². The summed E-state index contributed by atoms with van der Waals surface area (Å²) in [5.74, 6) is 1.09. The van der Waals surface area contributed by atoms with Crippen LogP contribution in [0.5, 0.6) is 17.2 Å². The summed E-state index contributed by atoms with van der Waals surface area (Å²) in [7, 11) is -2.62. The van der Waals surface area contributed by atoms with E-state index in [1.807, 2.05) is 36.4 Å². The van der Waals surface area contributed by atoms with Crippen LogP contribution in [0.1, 0.15) is 172 Å². The van der Waals surface area contributed by atoms with Gasteiger partial charge in [-0.05, 0) is 91.6 Å². The molecule has 0 aliphatic rings. The Balaban J connectivity index is 0.000000712. The van der Waals surface area contributed by atoms with Crippen molar-refractivity contribution in [2.45, 2.75) is 175 Å². The van der Waals surface area contributed by atoms with Crippen molar-refractivity contribution >= 4 is 8.60 Å². The van der Waals surface area contributed by atoms with E-state index in [0.29, 0.717) is 17.2 Å². The van der Waals surface area contributed by atoms with E-state index in [1.54, 1.807) is 36.4 Å². The third-order valence-corrected chi connectivity index (χ3v) is 9.02. The molecule has 0 aliphatic heterocycles. The molecule has 0 aliphatic carbocycles. The van der Waals surface area contributed by atoms with Crippen molar-refractivity contribution in [1.29, 1.82) is 0 Å². The first kappa shape index (κ1) is 49.4. The van der Waals surface area contributed by atoms with Crippen molar-refractivity contribution in [3.05, 3.63) is 89.5 Å². The van der Waals surface area contributed by atoms with Crippen LogP contribution >= 0.6 is 8.60 Å². The van der Waals surface area contributed by atoms with Crippen molar-refractivity contribution in [2.75, 3.05) is 0 Å². The zero-order valence-corrected chi connectivity index (χ0v) is 33.9. The lowest BCUT2D eigenvalue weighted by Crippen LogP contribution is -1.85. The van der Waals surface area contributed by atoms with Crippen LogP contribution in [0.2, 0.25) is 0 Å². The van der Waals surface area contributed by atoms with Gasteiger partial charge in [0.15, 0.2) is 0 Å². The van der Waals surface area contributed by atoms with Gasteiger partial charge >= 0.3 is 8.60 Å². The van der Waals surface area contributed by atoms with Crippen LogP contribution in [0.4, 0.5) is 0 Å². The molecule has 0 fully saturated rings. The Morgan fingerprint density at radius 2 is 0.481 bits per heavy atom. The lowest BCUT2D eigenvalue weighted by molar-refractivity contribution is 0.368. The number of phenols is 3. The summed E-state index contributed by atoms with van der Waals surface area (Å²) in [6, 6.07) is 22.8. The van der Waals surface area contributed by atoms with Crippen LogP contribution in [0, 0.1) is 0 Å². The lowest BCUT2D eigenvalue weighted by Gasteiger charge is -2.02.